The number of carbonyl (C=O) groups is 1. The topological polar surface area (TPSA) is 85.7 Å². The minimum atomic E-state index is -4.42. The van der Waals surface area contributed by atoms with Crippen molar-refractivity contribution in [3.8, 4) is 0 Å². The Morgan fingerprint density at radius 1 is 1.45 bits per heavy atom. The molecular weight excluding hydrogens is 323 g/mol. The van der Waals surface area contributed by atoms with Crippen LogP contribution in [0.3, 0.4) is 0 Å². The molecule has 126 valence electrons. The van der Waals surface area contributed by atoms with Gasteiger partial charge in [-0.05, 0) is 13.8 Å². The summed E-state index contributed by atoms with van der Waals surface area (Å²) in [5.74, 6) is 0. The van der Waals surface area contributed by atoms with E-state index in [1.807, 2.05) is 0 Å². The maximum absolute atomic E-state index is 12.3. The third-order valence-corrected chi connectivity index (χ3v) is 3.82. The van der Waals surface area contributed by atoms with Crippen molar-refractivity contribution in [2.75, 3.05) is 25.0 Å². The van der Waals surface area contributed by atoms with Crippen molar-refractivity contribution in [1.29, 1.82) is 0 Å². The number of aliphatic hydroxyl groups is 2. The van der Waals surface area contributed by atoms with Crippen LogP contribution in [0.4, 0.5) is 23.1 Å². The summed E-state index contributed by atoms with van der Waals surface area (Å²) in [6.45, 7) is 1.89. The second-order valence-electron chi connectivity index (χ2n) is 4.74. The van der Waals surface area contributed by atoms with Gasteiger partial charge in [-0.25, -0.2) is 9.78 Å². The molecular formula is C12H18F3N3O3S. The van der Waals surface area contributed by atoms with Gasteiger partial charge < -0.3 is 15.1 Å². The van der Waals surface area contributed by atoms with E-state index in [1.165, 1.54) is 11.3 Å². The Hall–Kier alpha value is -1.39. The predicted molar refractivity (Wildman–Crippen MR) is 75.9 cm³/mol. The van der Waals surface area contributed by atoms with Crippen LogP contribution in [0.2, 0.25) is 0 Å². The van der Waals surface area contributed by atoms with Gasteiger partial charge in [0.2, 0.25) is 0 Å². The molecule has 1 rings (SSSR count). The molecule has 0 radical (unpaired) electrons. The predicted octanol–water partition coefficient (Wildman–Crippen LogP) is 1.90. The number of amides is 2. The van der Waals surface area contributed by atoms with E-state index >= 15 is 0 Å². The lowest BCUT2D eigenvalue weighted by atomic mass is 10.3. The summed E-state index contributed by atoms with van der Waals surface area (Å²) in [6, 6.07) is -0.800. The number of urea groups is 1. The van der Waals surface area contributed by atoms with Crippen LogP contribution in [0.15, 0.2) is 0 Å². The smallest absolute Gasteiger partial charge is 0.390 e. The number of aliphatic hydroxyl groups excluding tert-OH is 2. The number of aryl methyl sites for hydroxylation is 2. The van der Waals surface area contributed by atoms with Gasteiger partial charge in [-0.15, -0.1) is 11.3 Å². The van der Waals surface area contributed by atoms with Gasteiger partial charge in [0.1, 0.15) is 0 Å². The first-order valence-electron chi connectivity index (χ1n) is 6.48. The van der Waals surface area contributed by atoms with E-state index in [0.29, 0.717) is 0 Å². The molecule has 10 heteroatoms. The van der Waals surface area contributed by atoms with Gasteiger partial charge in [0.15, 0.2) is 5.13 Å². The van der Waals surface area contributed by atoms with Gasteiger partial charge in [0.25, 0.3) is 0 Å². The van der Waals surface area contributed by atoms with Gasteiger partial charge in [-0.2, -0.15) is 13.2 Å². The molecule has 22 heavy (non-hydrogen) atoms. The molecule has 6 nitrogen and oxygen atoms in total. The average molecular weight is 341 g/mol. The van der Waals surface area contributed by atoms with Crippen LogP contribution in [0.1, 0.15) is 17.0 Å². The van der Waals surface area contributed by atoms with E-state index in [0.717, 1.165) is 15.5 Å². The molecule has 0 aromatic carbocycles. The van der Waals surface area contributed by atoms with E-state index in [-0.39, 0.29) is 5.13 Å². The molecule has 0 saturated carbocycles. The van der Waals surface area contributed by atoms with Crippen molar-refractivity contribution in [3.63, 3.8) is 0 Å². The third kappa shape index (κ3) is 6.16. The van der Waals surface area contributed by atoms with E-state index in [2.05, 4.69) is 10.3 Å². The van der Waals surface area contributed by atoms with Crippen molar-refractivity contribution in [2.24, 2.45) is 0 Å². The van der Waals surface area contributed by atoms with Gasteiger partial charge in [0, 0.05) is 11.4 Å². The highest BCUT2D eigenvalue weighted by molar-refractivity contribution is 7.15. The maximum Gasteiger partial charge on any atom is 0.390 e. The lowest BCUT2D eigenvalue weighted by Gasteiger charge is -2.25. The second kappa shape index (κ2) is 7.75. The van der Waals surface area contributed by atoms with Crippen molar-refractivity contribution in [1.82, 2.24) is 9.88 Å². The molecule has 0 aliphatic heterocycles. The summed E-state index contributed by atoms with van der Waals surface area (Å²) >= 11 is 1.20. The number of hydrogen-bond acceptors (Lipinski definition) is 5. The summed E-state index contributed by atoms with van der Waals surface area (Å²) in [5.41, 5.74) is 0.720. The minimum absolute atomic E-state index is 0.274. The van der Waals surface area contributed by atoms with Gasteiger partial charge >= 0.3 is 12.2 Å². The molecule has 2 amide bonds. The molecule has 0 unspecified atom stereocenters. The normalized spacial score (nSPS) is 13.0. The molecule has 0 spiro atoms. The summed E-state index contributed by atoms with van der Waals surface area (Å²) in [6.07, 6.45) is -6.93. The zero-order valence-corrected chi connectivity index (χ0v) is 13.0. The molecule has 1 aromatic rings. The number of alkyl halides is 3. The zero-order valence-electron chi connectivity index (χ0n) is 12.1. The lowest BCUT2D eigenvalue weighted by Crippen LogP contribution is -2.42. The molecule has 3 N–H and O–H groups in total. The van der Waals surface area contributed by atoms with Crippen LogP contribution in [0, 0.1) is 13.8 Å². The summed E-state index contributed by atoms with van der Waals surface area (Å²) in [5, 5.41) is 20.8. The number of rotatable bonds is 6. The van der Waals surface area contributed by atoms with Crippen LogP contribution in [-0.4, -0.2) is 58.1 Å². The van der Waals surface area contributed by atoms with Crippen LogP contribution in [0.25, 0.3) is 0 Å². The Kier molecular flexibility index (Phi) is 6.57. The van der Waals surface area contributed by atoms with Gasteiger partial charge in [-0.1, -0.05) is 0 Å². The number of nitrogens with one attached hydrogen (secondary N) is 1. The fourth-order valence-corrected chi connectivity index (χ4v) is 2.35. The summed E-state index contributed by atoms with van der Waals surface area (Å²) < 4.78 is 36.9. The number of thiazole rings is 1. The highest BCUT2D eigenvalue weighted by atomic mass is 32.1. The highest BCUT2D eigenvalue weighted by Gasteiger charge is 2.30. The first kappa shape index (κ1) is 18.7. The molecule has 0 saturated heterocycles. The van der Waals surface area contributed by atoms with E-state index in [4.69, 9.17) is 5.11 Å². The Balaban J connectivity index is 2.73. The number of hydrogen-bond donors (Lipinski definition) is 3. The molecule has 0 aliphatic rings. The molecule has 0 aliphatic carbocycles. The van der Waals surface area contributed by atoms with Crippen molar-refractivity contribution < 1.29 is 28.2 Å². The van der Waals surface area contributed by atoms with E-state index in [1.54, 1.807) is 13.8 Å². The molecule has 1 heterocycles. The molecule has 1 atom stereocenters. The highest BCUT2D eigenvalue weighted by Crippen LogP contribution is 2.23. The van der Waals surface area contributed by atoms with E-state index < -0.39 is 44.4 Å². The van der Waals surface area contributed by atoms with Crippen molar-refractivity contribution in [2.45, 2.75) is 32.5 Å². The van der Waals surface area contributed by atoms with Crippen LogP contribution in [-0.2, 0) is 0 Å². The zero-order chi connectivity index (χ0) is 16.9. The minimum Gasteiger partial charge on any atom is -0.394 e. The number of carbonyl (C=O) groups excluding carboxylic acids is 1. The Bertz CT molecular complexity index is 488. The second-order valence-corrected chi connectivity index (χ2v) is 5.94. The summed E-state index contributed by atoms with van der Waals surface area (Å²) in [4.78, 5) is 17.8. The van der Waals surface area contributed by atoms with Gasteiger partial charge in [0.05, 0.1) is 31.4 Å². The van der Waals surface area contributed by atoms with Crippen LogP contribution >= 0.6 is 11.3 Å². The average Bonchev–Trinajstić information content (AvgIpc) is 2.71. The van der Waals surface area contributed by atoms with Gasteiger partial charge in [-0.3, -0.25) is 5.32 Å². The molecule has 0 bridgehead atoms. The standard InChI is InChI=1S/C12H18F3N3O3S/c1-7-8(2)22-10(16-7)17-11(21)18(5-9(20)6-19)4-3-12(13,14)15/h9,19-20H,3-6H2,1-2H3,(H,16,17,21)/t9-/m0/s1. The van der Waals surface area contributed by atoms with E-state index in [9.17, 15) is 23.1 Å². The number of halogens is 3. The monoisotopic (exact) mass is 341 g/mol. The van der Waals surface area contributed by atoms with Crippen LogP contribution < -0.4 is 5.32 Å². The van der Waals surface area contributed by atoms with Crippen molar-refractivity contribution in [3.05, 3.63) is 10.6 Å². The van der Waals surface area contributed by atoms with Crippen molar-refractivity contribution >= 4 is 22.5 Å². The number of nitrogens with zero attached hydrogens (tertiary/aromatic N) is 2. The fourth-order valence-electron chi connectivity index (χ4n) is 1.55. The quantitative estimate of drug-likeness (QED) is 0.738. The number of aromatic nitrogens is 1. The molecule has 0 fully saturated rings. The SMILES string of the molecule is Cc1nc(NC(=O)N(CCC(F)(F)F)C[C@H](O)CO)sc1C. The largest absolute Gasteiger partial charge is 0.394 e. The third-order valence-electron chi connectivity index (χ3n) is 2.84. The molecule has 1 aromatic heterocycles. The number of anilines is 1. The first-order valence-corrected chi connectivity index (χ1v) is 7.29. The Morgan fingerprint density at radius 2 is 2.09 bits per heavy atom. The fraction of sp³-hybridized carbons (Fsp3) is 0.667. The Morgan fingerprint density at radius 3 is 2.55 bits per heavy atom. The van der Waals surface area contributed by atoms with Crippen LogP contribution in [0.5, 0.6) is 0 Å². The first-order chi connectivity index (χ1) is 10.1. The maximum atomic E-state index is 12.3. The lowest BCUT2D eigenvalue weighted by molar-refractivity contribution is -0.137. The Labute approximate surface area is 129 Å². The summed E-state index contributed by atoms with van der Waals surface area (Å²) in [7, 11) is 0.